The molecule has 2 atom stereocenters. The van der Waals surface area contributed by atoms with Gasteiger partial charge in [0.25, 0.3) is 0 Å². The number of nitrogens with zero attached hydrogens (tertiary/aromatic N) is 1. The summed E-state index contributed by atoms with van der Waals surface area (Å²) >= 11 is 0. The maximum Gasteiger partial charge on any atom is 0.109 e. The van der Waals surface area contributed by atoms with Crippen LogP contribution in [0, 0.1) is 11.3 Å². The van der Waals surface area contributed by atoms with Gasteiger partial charge in [0.1, 0.15) is 5.54 Å². The van der Waals surface area contributed by atoms with E-state index in [1.54, 1.807) is 0 Å². The molecule has 92 valence electrons. The summed E-state index contributed by atoms with van der Waals surface area (Å²) in [6.07, 6.45) is 3.95. The highest BCUT2D eigenvalue weighted by Gasteiger charge is 2.40. The van der Waals surface area contributed by atoms with Crippen LogP contribution in [0.5, 0.6) is 0 Å². The van der Waals surface area contributed by atoms with Crippen LogP contribution in [0.4, 0.5) is 0 Å². The van der Waals surface area contributed by atoms with Crippen LogP contribution in [-0.2, 0) is 4.74 Å². The molecule has 0 radical (unpaired) electrons. The van der Waals surface area contributed by atoms with Crippen LogP contribution < -0.4 is 5.32 Å². The number of nitriles is 1. The molecule has 0 amide bonds. The van der Waals surface area contributed by atoms with E-state index in [2.05, 4.69) is 32.2 Å². The molecule has 0 heterocycles. The van der Waals surface area contributed by atoms with Gasteiger partial charge in [-0.1, -0.05) is 13.8 Å². The van der Waals surface area contributed by atoms with E-state index in [1.165, 1.54) is 0 Å². The van der Waals surface area contributed by atoms with E-state index in [0.29, 0.717) is 0 Å². The standard InChI is InChI=1S/C13H24N2O/c1-5-12(3,4)16-11-7-8-13(9-11,10-14)15-6-2/h11,15H,5-9H2,1-4H3. The second kappa shape index (κ2) is 5.16. The van der Waals surface area contributed by atoms with Crippen molar-refractivity contribution < 1.29 is 4.74 Å². The predicted octanol–water partition coefficient (Wildman–Crippen LogP) is 2.62. The summed E-state index contributed by atoms with van der Waals surface area (Å²) in [5, 5.41) is 12.6. The average molecular weight is 224 g/mol. The molecule has 1 rings (SSSR count). The summed E-state index contributed by atoms with van der Waals surface area (Å²) in [4.78, 5) is 0. The first-order valence-corrected chi connectivity index (χ1v) is 6.31. The molecule has 0 saturated heterocycles. The van der Waals surface area contributed by atoms with Gasteiger partial charge in [0.15, 0.2) is 0 Å². The molecule has 0 aliphatic heterocycles. The van der Waals surface area contributed by atoms with E-state index in [4.69, 9.17) is 4.74 Å². The van der Waals surface area contributed by atoms with E-state index in [-0.39, 0.29) is 17.2 Å². The number of ether oxygens (including phenoxy) is 1. The lowest BCUT2D eigenvalue weighted by Crippen LogP contribution is -2.42. The van der Waals surface area contributed by atoms with E-state index >= 15 is 0 Å². The Balaban J connectivity index is 2.55. The van der Waals surface area contributed by atoms with Gasteiger partial charge in [0, 0.05) is 6.42 Å². The molecular weight excluding hydrogens is 200 g/mol. The molecule has 1 fully saturated rings. The Morgan fingerprint density at radius 3 is 2.69 bits per heavy atom. The molecule has 1 N–H and O–H groups in total. The van der Waals surface area contributed by atoms with Crippen molar-refractivity contribution in [2.45, 2.75) is 70.6 Å². The molecule has 0 spiro atoms. The first-order valence-electron chi connectivity index (χ1n) is 6.31. The Labute approximate surface area is 99.2 Å². The van der Waals surface area contributed by atoms with Crippen LogP contribution in [0.3, 0.4) is 0 Å². The van der Waals surface area contributed by atoms with Crippen molar-refractivity contribution in [2.75, 3.05) is 6.54 Å². The topological polar surface area (TPSA) is 45.0 Å². The van der Waals surface area contributed by atoms with Crippen molar-refractivity contribution in [2.24, 2.45) is 0 Å². The van der Waals surface area contributed by atoms with Crippen molar-refractivity contribution in [1.82, 2.24) is 5.32 Å². The highest BCUT2D eigenvalue weighted by atomic mass is 16.5. The zero-order valence-corrected chi connectivity index (χ0v) is 11.0. The quantitative estimate of drug-likeness (QED) is 0.780. The van der Waals surface area contributed by atoms with Crippen molar-refractivity contribution in [3.05, 3.63) is 0 Å². The van der Waals surface area contributed by atoms with Gasteiger partial charge < -0.3 is 4.74 Å². The van der Waals surface area contributed by atoms with Crippen LogP contribution in [0.1, 0.15) is 53.4 Å². The maximum atomic E-state index is 9.25. The monoisotopic (exact) mass is 224 g/mol. The second-order valence-electron chi connectivity index (χ2n) is 5.32. The molecule has 3 nitrogen and oxygen atoms in total. The molecule has 0 aromatic heterocycles. The van der Waals surface area contributed by atoms with Gasteiger partial charge >= 0.3 is 0 Å². The minimum atomic E-state index is -0.344. The summed E-state index contributed by atoms with van der Waals surface area (Å²) in [6.45, 7) is 9.26. The fourth-order valence-corrected chi connectivity index (χ4v) is 2.28. The van der Waals surface area contributed by atoms with Crippen LogP contribution in [0.15, 0.2) is 0 Å². The first kappa shape index (κ1) is 13.5. The largest absolute Gasteiger partial charge is 0.372 e. The van der Waals surface area contributed by atoms with E-state index in [0.717, 1.165) is 32.2 Å². The van der Waals surface area contributed by atoms with Crippen molar-refractivity contribution in [3.63, 3.8) is 0 Å². The zero-order valence-electron chi connectivity index (χ0n) is 11.0. The van der Waals surface area contributed by atoms with E-state index in [9.17, 15) is 5.26 Å². The Kier molecular flexibility index (Phi) is 4.35. The van der Waals surface area contributed by atoms with E-state index < -0.39 is 0 Å². The summed E-state index contributed by atoms with van der Waals surface area (Å²) in [5.41, 5.74) is -0.411. The lowest BCUT2D eigenvalue weighted by molar-refractivity contribution is -0.0714. The highest BCUT2D eigenvalue weighted by Crippen LogP contribution is 2.34. The second-order valence-corrected chi connectivity index (χ2v) is 5.32. The number of nitrogens with one attached hydrogen (secondary N) is 1. The van der Waals surface area contributed by atoms with Gasteiger partial charge in [0.05, 0.1) is 17.8 Å². The molecule has 1 aliphatic rings. The molecule has 2 unspecified atom stereocenters. The van der Waals surface area contributed by atoms with Crippen LogP contribution >= 0.6 is 0 Å². The van der Waals surface area contributed by atoms with Crippen LogP contribution in [-0.4, -0.2) is 23.8 Å². The van der Waals surface area contributed by atoms with Gasteiger partial charge in [-0.15, -0.1) is 0 Å². The summed E-state index contributed by atoms with van der Waals surface area (Å²) in [6, 6.07) is 2.42. The molecule has 0 bridgehead atoms. The lowest BCUT2D eigenvalue weighted by Gasteiger charge is -2.29. The first-order chi connectivity index (χ1) is 7.47. The van der Waals surface area contributed by atoms with E-state index in [1.807, 2.05) is 6.92 Å². The van der Waals surface area contributed by atoms with Crippen LogP contribution in [0.25, 0.3) is 0 Å². The van der Waals surface area contributed by atoms with Crippen molar-refractivity contribution in [1.29, 1.82) is 5.26 Å². The lowest BCUT2D eigenvalue weighted by atomic mass is 9.99. The number of hydrogen-bond donors (Lipinski definition) is 1. The van der Waals surface area contributed by atoms with Gasteiger partial charge in [0.2, 0.25) is 0 Å². The molecule has 0 aromatic carbocycles. The van der Waals surface area contributed by atoms with Gasteiger partial charge in [-0.05, 0) is 39.7 Å². The minimum Gasteiger partial charge on any atom is -0.372 e. The third kappa shape index (κ3) is 3.20. The van der Waals surface area contributed by atoms with Gasteiger partial charge in [-0.2, -0.15) is 5.26 Å². The average Bonchev–Trinajstić information content (AvgIpc) is 2.62. The normalized spacial score (nSPS) is 30.3. The molecule has 16 heavy (non-hydrogen) atoms. The highest BCUT2D eigenvalue weighted by molar-refractivity contribution is 5.12. The predicted molar refractivity (Wildman–Crippen MR) is 65.1 cm³/mol. The summed E-state index contributed by atoms with van der Waals surface area (Å²) in [7, 11) is 0. The Bertz CT molecular complexity index is 270. The third-order valence-electron chi connectivity index (χ3n) is 3.54. The molecule has 1 aliphatic carbocycles. The minimum absolute atomic E-state index is 0.0670. The summed E-state index contributed by atoms with van der Waals surface area (Å²) < 4.78 is 6.06. The molecule has 0 aromatic rings. The Morgan fingerprint density at radius 1 is 1.50 bits per heavy atom. The zero-order chi connectivity index (χ0) is 12.2. The fourth-order valence-electron chi connectivity index (χ4n) is 2.28. The van der Waals surface area contributed by atoms with Crippen molar-refractivity contribution in [3.8, 4) is 6.07 Å². The van der Waals surface area contributed by atoms with Gasteiger partial charge in [-0.3, -0.25) is 5.32 Å². The molecular formula is C13H24N2O. The number of rotatable bonds is 5. The third-order valence-corrected chi connectivity index (χ3v) is 3.54. The molecule has 1 saturated carbocycles. The van der Waals surface area contributed by atoms with Crippen LogP contribution in [0.2, 0.25) is 0 Å². The maximum absolute atomic E-state index is 9.25. The Hall–Kier alpha value is -0.590. The van der Waals surface area contributed by atoms with Crippen molar-refractivity contribution >= 4 is 0 Å². The molecule has 3 heteroatoms. The number of hydrogen-bond acceptors (Lipinski definition) is 3. The smallest absolute Gasteiger partial charge is 0.109 e. The SMILES string of the molecule is CCNC1(C#N)CCC(OC(C)(C)CC)C1. The summed E-state index contributed by atoms with van der Waals surface area (Å²) in [5.74, 6) is 0. The Morgan fingerprint density at radius 2 is 2.19 bits per heavy atom. The van der Waals surface area contributed by atoms with Gasteiger partial charge in [-0.25, -0.2) is 0 Å². The fraction of sp³-hybridized carbons (Fsp3) is 0.923.